The first-order chi connectivity index (χ1) is 14.8. The second kappa shape index (κ2) is 8.48. The number of nitrogens with zero attached hydrogens (tertiary/aromatic N) is 1. The van der Waals surface area contributed by atoms with Crippen LogP contribution in [0.3, 0.4) is 0 Å². The van der Waals surface area contributed by atoms with Crippen molar-refractivity contribution in [3.63, 3.8) is 0 Å². The fourth-order valence-electron chi connectivity index (χ4n) is 3.12. The Balaban J connectivity index is 1.72. The van der Waals surface area contributed by atoms with E-state index in [0.717, 1.165) is 0 Å². The van der Waals surface area contributed by atoms with Gasteiger partial charge in [-0.05, 0) is 73.2 Å². The Kier molecular flexibility index (Phi) is 5.90. The van der Waals surface area contributed by atoms with Crippen LogP contribution >= 0.6 is 47.0 Å². The van der Waals surface area contributed by atoms with Crippen molar-refractivity contribution in [1.82, 2.24) is 5.32 Å². The van der Waals surface area contributed by atoms with Crippen molar-refractivity contribution in [2.45, 2.75) is 6.92 Å². The fourth-order valence-corrected chi connectivity index (χ4v) is 3.94. The average Bonchev–Trinajstić information content (AvgIpc) is 3.18. The highest BCUT2D eigenvalue weighted by Gasteiger charge is 2.35. The van der Waals surface area contributed by atoms with Crippen molar-refractivity contribution < 1.29 is 14.0 Å². The number of carbonyl (C=O) groups is 2. The highest BCUT2D eigenvalue weighted by atomic mass is 35.5. The number of thiocarbonyl (C=S) groups is 1. The molecule has 2 amide bonds. The van der Waals surface area contributed by atoms with Gasteiger partial charge in [-0.3, -0.25) is 19.8 Å². The van der Waals surface area contributed by atoms with E-state index in [1.165, 1.54) is 11.0 Å². The smallest absolute Gasteiger partial charge is 0.270 e. The van der Waals surface area contributed by atoms with Crippen LogP contribution in [-0.4, -0.2) is 16.9 Å². The normalized spacial score (nSPS) is 15.5. The van der Waals surface area contributed by atoms with Crippen LogP contribution in [-0.2, 0) is 9.59 Å². The minimum atomic E-state index is -0.621. The van der Waals surface area contributed by atoms with Crippen LogP contribution in [0.1, 0.15) is 11.3 Å². The van der Waals surface area contributed by atoms with Gasteiger partial charge < -0.3 is 4.42 Å². The number of hydrogen-bond donors (Lipinski definition) is 1. The van der Waals surface area contributed by atoms with Gasteiger partial charge in [-0.15, -0.1) is 0 Å². The van der Waals surface area contributed by atoms with Gasteiger partial charge in [0.15, 0.2) is 5.11 Å². The van der Waals surface area contributed by atoms with E-state index in [0.29, 0.717) is 43.4 Å². The zero-order valence-corrected chi connectivity index (χ0v) is 19.0. The van der Waals surface area contributed by atoms with Crippen molar-refractivity contribution in [3.8, 4) is 11.3 Å². The Morgan fingerprint density at radius 1 is 1.03 bits per heavy atom. The van der Waals surface area contributed by atoms with Gasteiger partial charge in [0, 0.05) is 15.6 Å². The largest absolute Gasteiger partial charge is 0.457 e. The van der Waals surface area contributed by atoms with Crippen LogP contribution in [0.15, 0.2) is 58.5 Å². The zero-order valence-electron chi connectivity index (χ0n) is 15.9. The van der Waals surface area contributed by atoms with Gasteiger partial charge in [0.2, 0.25) is 0 Å². The van der Waals surface area contributed by atoms with Crippen LogP contribution in [0.4, 0.5) is 5.69 Å². The number of halogens is 3. The minimum Gasteiger partial charge on any atom is -0.457 e. The first-order valence-electron chi connectivity index (χ1n) is 8.98. The van der Waals surface area contributed by atoms with E-state index in [4.69, 9.17) is 51.4 Å². The van der Waals surface area contributed by atoms with Crippen molar-refractivity contribution in [1.29, 1.82) is 0 Å². The Morgan fingerprint density at radius 3 is 2.58 bits per heavy atom. The van der Waals surface area contributed by atoms with Crippen LogP contribution in [0.25, 0.3) is 17.4 Å². The molecule has 0 bridgehead atoms. The lowest BCUT2D eigenvalue weighted by atomic mass is 10.1. The van der Waals surface area contributed by atoms with Crippen LogP contribution in [0, 0.1) is 6.92 Å². The standard InChI is InChI=1S/C22H13Cl3N2O3S/c1-11-16(24)3-2-4-18(11)27-21(29)15(20(28)26-22(27)31)10-13-6-8-19(30-13)14-9-12(23)5-7-17(14)25/h2-10H,1H3,(H,26,28,31)/b15-10+. The van der Waals surface area contributed by atoms with Gasteiger partial charge in [-0.1, -0.05) is 40.9 Å². The maximum absolute atomic E-state index is 13.2. The van der Waals surface area contributed by atoms with E-state index >= 15 is 0 Å². The molecule has 1 saturated heterocycles. The van der Waals surface area contributed by atoms with E-state index in [2.05, 4.69) is 5.32 Å². The Hall–Kier alpha value is -2.64. The molecule has 0 spiro atoms. The Bertz CT molecular complexity index is 1280. The third kappa shape index (κ3) is 4.12. The van der Waals surface area contributed by atoms with E-state index in [1.54, 1.807) is 55.5 Å². The summed E-state index contributed by atoms with van der Waals surface area (Å²) in [6, 6.07) is 13.4. The predicted octanol–water partition coefficient (Wildman–Crippen LogP) is 6.05. The summed E-state index contributed by atoms with van der Waals surface area (Å²) in [5.41, 5.74) is 1.60. The molecule has 0 radical (unpaired) electrons. The number of amides is 2. The monoisotopic (exact) mass is 490 g/mol. The summed E-state index contributed by atoms with van der Waals surface area (Å²) < 4.78 is 5.79. The van der Waals surface area contributed by atoms with Crippen molar-refractivity contribution in [3.05, 3.63) is 80.5 Å². The molecule has 0 unspecified atom stereocenters. The van der Waals surface area contributed by atoms with Gasteiger partial charge in [0.05, 0.1) is 10.7 Å². The molecule has 1 aliphatic heterocycles. The van der Waals surface area contributed by atoms with Crippen molar-refractivity contribution >= 4 is 75.7 Å². The highest BCUT2D eigenvalue weighted by molar-refractivity contribution is 7.80. The molecule has 31 heavy (non-hydrogen) atoms. The van der Waals surface area contributed by atoms with Gasteiger partial charge in [-0.25, -0.2) is 0 Å². The highest BCUT2D eigenvalue weighted by Crippen LogP contribution is 2.33. The molecule has 2 heterocycles. The topological polar surface area (TPSA) is 62.6 Å². The summed E-state index contributed by atoms with van der Waals surface area (Å²) in [6.07, 6.45) is 1.36. The number of carbonyl (C=O) groups excluding carboxylic acids is 2. The fraction of sp³-hybridized carbons (Fsp3) is 0.0455. The first kappa shape index (κ1) is 21.6. The summed E-state index contributed by atoms with van der Waals surface area (Å²) in [4.78, 5) is 26.9. The van der Waals surface area contributed by atoms with Crippen LogP contribution in [0.5, 0.6) is 0 Å². The molecular formula is C22H13Cl3N2O3S. The molecule has 1 fully saturated rings. The molecule has 2 aromatic carbocycles. The first-order valence-corrected chi connectivity index (χ1v) is 10.5. The minimum absolute atomic E-state index is 0.0247. The number of furan rings is 1. The maximum Gasteiger partial charge on any atom is 0.270 e. The average molecular weight is 492 g/mol. The number of rotatable bonds is 3. The molecule has 5 nitrogen and oxygen atoms in total. The summed E-state index contributed by atoms with van der Waals surface area (Å²) in [6.45, 7) is 1.76. The summed E-state index contributed by atoms with van der Waals surface area (Å²) in [5.74, 6) is -0.469. The molecule has 156 valence electrons. The molecule has 9 heteroatoms. The molecule has 1 aliphatic rings. The summed E-state index contributed by atoms with van der Waals surface area (Å²) in [7, 11) is 0. The molecule has 1 aromatic heterocycles. The van der Waals surface area contributed by atoms with Gasteiger partial charge in [-0.2, -0.15) is 0 Å². The van der Waals surface area contributed by atoms with Gasteiger partial charge in [0.25, 0.3) is 11.8 Å². The molecule has 0 atom stereocenters. The van der Waals surface area contributed by atoms with Crippen LogP contribution in [0.2, 0.25) is 15.1 Å². The number of anilines is 1. The molecule has 1 N–H and O–H groups in total. The molecule has 4 rings (SSSR count). The zero-order chi connectivity index (χ0) is 22.3. The van der Waals surface area contributed by atoms with E-state index in [-0.39, 0.29) is 10.7 Å². The van der Waals surface area contributed by atoms with E-state index in [9.17, 15) is 9.59 Å². The number of hydrogen-bond acceptors (Lipinski definition) is 4. The lowest BCUT2D eigenvalue weighted by Crippen LogP contribution is -2.54. The SMILES string of the molecule is Cc1c(Cl)cccc1N1C(=O)/C(=C/c2ccc(-c3cc(Cl)ccc3Cl)o2)C(=O)NC1=S. The third-order valence-electron chi connectivity index (χ3n) is 4.69. The molecule has 3 aromatic rings. The lowest BCUT2D eigenvalue weighted by molar-refractivity contribution is -0.122. The Labute approximate surface area is 198 Å². The quantitative estimate of drug-likeness (QED) is 0.275. The van der Waals surface area contributed by atoms with Gasteiger partial charge >= 0.3 is 0 Å². The lowest BCUT2D eigenvalue weighted by Gasteiger charge is -2.30. The molecular weight excluding hydrogens is 479 g/mol. The van der Waals surface area contributed by atoms with Crippen molar-refractivity contribution in [2.75, 3.05) is 4.90 Å². The summed E-state index contributed by atoms with van der Waals surface area (Å²) >= 11 is 23.7. The third-order valence-corrected chi connectivity index (χ3v) is 5.95. The van der Waals surface area contributed by atoms with Crippen LogP contribution < -0.4 is 10.2 Å². The number of nitrogens with one attached hydrogen (secondary N) is 1. The second-order valence-corrected chi connectivity index (χ2v) is 8.31. The summed E-state index contributed by atoms with van der Waals surface area (Å²) in [5, 5.41) is 3.94. The Morgan fingerprint density at radius 2 is 1.81 bits per heavy atom. The van der Waals surface area contributed by atoms with E-state index in [1.807, 2.05) is 0 Å². The molecule has 0 aliphatic carbocycles. The number of benzene rings is 2. The maximum atomic E-state index is 13.2. The second-order valence-electron chi connectivity index (χ2n) is 6.67. The molecule has 0 saturated carbocycles. The van der Waals surface area contributed by atoms with Crippen molar-refractivity contribution in [2.24, 2.45) is 0 Å². The van der Waals surface area contributed by atoms with E-state index < -0.39 is 11.8 Å². The van der Waals surface area contributed by atoms with Gasteiger partial charge in [0.1, 0.15) is 17.1 Å². The predicted molar refractivity (Wildman–Crippen MR) is 127 cm³/mol.